The summed E-state index contributed by atoms with van der Waals surface area (Å²) in [5.41, 5.74) is 16.0. The van der Waals surface area contributed by atoms with Crippen LogP contribution in [0.25, 0.3) is 21.3 Å². The number of nitrogen functional groups attached to an aromatic ring is 2. The fourth-order valence-electron chi connectivity index (χ4n) is 2.25. The molecule has 0 bridgehead atoms. The average molecular weight is 270 g/mol. The van der Waals surface area contributed by atoms with E-state index >= 15 is 0 Å². The van der Waals surface area contributed by atoms with E-state index < -0.39 is 0 Å². The van der Waals surface area contributed by atoms with Crippen LogP contribution in [0.3, 0.4) is 0 Å². The van der Waals surface area contributed by atoms with Crippen molar-refractivity contribution in [2.45, 2.75) is 13.8 Å². The number of aromatic nitrogens is 2. The van der Waals surface area contributed by atoms with Crippen LogP contribution in [0.4, 0.5) is 11.5 Å². The van der Waals surface area contributed by atoms with Gasteiger partial charge in [0.1, 0.15) is 17.0 Å². The highest BCUT2D eigenvalue weighted by Crippen LogP contribution is 2.39. The number of rotatable bonds is 1. The quantitative estimate of drug-likeness (QED) is 0.666. The molecule has 0 aliphatic heterocycles. The molecule has 5 heteroatoms. The highest BCUT2D eigenvalue weighted by atomic mass is 32.1. The predicted octanol–water partition coefficient (Wildman–Crippen LogP) is 3.14. The first-order valence-electron chi connectivity index (χ1n) is 5.94. The molecule has 0 amide bonds. The van der Waals surface area contributed by atoms with E-state index in [2.05, 4.69) is 23.0 Å². The molecule has 2 heterocycles. The second kappa shape index (κ2) is 4.20. The van der Waals surface area contributed by atoms with Crippen LogP contribution in [0.15, 0.2) is 24.5 Å². The van der Waals surface area contributed by atoms with Crippen molar-refractivity contribution in [2.75, 3.05) is 11.5 Å². The molecule has 1 aromatic carbocycles. The third-order valence-electron chi connectivity index (χ3n) is 3.25. The van der Waals surface area contributed by atoms with Gasteiger partial charge in [-0.1, -0.05) is 6.07 Å². The van der Waals surface area contributed by atoms with E-state index in [0.29, 0.717) is 5.82 Å². The lowest BCUT2D eigenvalue weighted by Gasteiger charge is -2.06. The second-order valence-electron chi connectivity index (χ2n) is 4.54. The summed E-state index contributed by atoms with van der Waals surface area (Å²) in [7, 11) is 0. The van der Waals surface area contributed by atoms with Crippen molar-refractivity contribution in [2.24, 2.45) is 0 Å². The maximum absolute atomic E-state index is 6.01. The van der Waals surface area contributed by atoms with Crippen molar-refractivity contribution >= 4 is 33.1 Å². The molecule has 0 fully saturated rings. The Bertz CT molecular complexity index is 776. The lowest BCUT2D eigenvalue weighted by Crippen LogP contribution is -1.93. The van der Waals surface area contributed by atoms with E-state index in [9.17, 15) is 0 Å². The number of aryl methyl sites for hydroxylation is 2. The molecule has 0 atom stereocenters. The van der Waals surface area contributed by atoms with E-state index in [1.165, 1.54) is 11.2 Å². The van der Waals surface area contributed by atoms with E-state index in [4.69, 9.17) is 11.5 Å². The van der Waals surface area contributed by atoms with Gasteiger partial charge in [0.15, 0.2) is 0 Å². The Morgan fingerprint density at radius 1 is 1.11 bits per heavy atom. The number of hydrogen-bond donors (Lipinski definition) is 2. The lowest BCUT2D eigenvalue weighted by molar-refractivity contribution is 1.24. The SMILES string of the molecule is Cc1cc(-c2c(C)sc3ncnc(N)c23)ccc1N. The number of nitrogens with two attached hydrogens (primary N) is 2. The van der Waals surface area contributed by atoms with Crippen molar-refractivity contribution in [3.05, 3.63) is 35.0 Å². The topological polar surface area (TPSA) is 77.8 Å². The minimum absolute atomic E-state index is 0.527. The first kappa shape index (κ1) is 11.9. The van der Waals surface area contributed by atoms with Crippen molar-refractivity contribution in [3.63, 3.8) is 0 Å². The summed E-state index contributed by atoms with van der Waals surface area (Å²) < 4.78 is 0. The molecule has 2 aromatic heterocycles. The number of thiophene rings is 1. The molecule has 0 unspecified atom stereocenters. The van der Waals surface area contributed by atoms with Crippen LogP contribution in [0.1, 0.15) is 10.4 Å². The average Bonchev–Trinajstić information content (AvgIpc) is 2.70. The zero-order chi connectivity index (χ0) is 13.6. The third kappa shape index (κ3) is 1.82. The Kier molecular flexibility index (Phi) is 2.64. The Morgan fingerprint density at radius 2 is 1.89 bits per heavy atom. The van der Waals surface area contributed by atoms with E-state index in [0.717, 1.165) is 32.6 Å². The lowest BCUT2D eigenvalue weighted by atomic mass is 10.0. The normalized spacial score (nSPS) is 11.1. The summed E-state index contributed by atoms with van der Waals surface area (Å²) >= 11 is 1.64. The standard InChI is InChI=1S/C14H14N4S/c1-7-5-9(3-4-10(7)15)11-8(2)19-14-12(11)13(16)17-6-18-14/h3-6H,15H2,1-2H3,(H2,16,17,18). The van der Waals surface area contributed by atoms with Crippen LogP contribution in [-0.2, 0) is 0 Å². The van der Waals surface area contributed by atoms with Gasteiger partial charge >= 0.3 is 0 Å². The minimum Gasteiger partial charge on any atom is -0.399 e. The van der Waals surface area contributed by atoms with E-state index in [1.807, 2.05) is 19.1 Å². The number of fused-ring (bicyclic) bond motifs is 1. The molecular weight excluding hydrogens is 256 g/mol. The van der Waals surface area contributed by atoms with E-state index in [1.54, 1.807) is 11.3 Å². The molecule has 0 aliphatic carbocycles. The molecule has 0 aliphatic rings. The van der Waals surface area contributed by atoms with Crippen LogP contribution >= 0.6 is 11.3 Å². The van der Waals surface area contributed by atoms with Gasteiger partial charge in [-0.15, -0.1) is 11.3 Å². The summed E-state index contributed by atoms with van der Waals surface area (Å²) in [6.45, 7) is 4.08. The smallest absolute Gasteiger partial charge is 0.136 e. The van der Waals surface area contributed by atoms with Gasteiger partial charge in [-0.2, -0.15) is 0 Å². The predicted molar refractivity (Wildman–Crippen MR) is 81.1 cm³/mol. The van der Waals surface area contributed by atoms with Crippen LogP contribution in [0, 0.1) is 13.8 Å². The molecule has 4 nitrogen and oxygen atoms in total. The number of anilines is 2. The van der Waals surface area contributed by atoms with Crippen molar-refractivity contribution in [1.82, 2.24) is 9.97 Å². The highest BCUT2D eigenvalue weighted by molar-refractivity contribution is 7.19. The van der Waals surface area contributed by atoms with Gasteiger partial charge in [-0.3, -0.25) is 0 Å². The Morgan fingerprint density at radius 3 is 2.63 bits per heavy atom. The Labute approximate surface area is 115 Å². The number of benzene rings is 1. The fraction of sp³-hybridized carbons (Fsp3) is 0.143. The van der Waals surface area contributed by atoms with Gasteiger partial charge in [0.25, 0.3) is 0 Å². The van der Waals surface area contributed by atoms with Crippen molar-refractivity contribution < 1.29 is 0 Å². The summed E-state index contributed by atoms with van der Waals surface area (Å²) in [5.74, 6) is 0.527. The maximum Gasteiger partial charge on any atom is 0.136 e. The Hall–Kier alpha value is -2.14. The molecule has 3 aromatic rings. The summed E-state index contributed by atoms with van der Waals surface area (Å²) in [6.07, 6.45) is 1.51. The van der Waals surface area contributed by atoms with Gasteiger partial charge in [0.05, 0.1) is 5.39 Å². The summed E-state index contributed by atoms with van der Waals surface area (Å²) in [6, 6.07) is 6.02. The van der Waals surface area contributed by atoms with Gasteiger partial charge < -0.3 is 11.5 Å². The minimum atomic E-state index is 0.527. The molecular formula is C14H14N4S. The fourth-order valence-corrected chi connectivity index (χ4v) is 3.27. The second-order valence-corrected chi connectivity index (χ2v) is 5.75. The molecule has 19 heavy (non-hydrogen) atoms. The largest absolute Gasteiger partial charge is 0.399 e. The highest BCUT2D eigenvalue weighted by Gasteiger charge is 2.15. The van der Waals surface area contributed by atoms with Crippen LogP contribution in [0.5, 0.6) is 0 Å². The molecule has 0 radical (unpaired) electrons. The molecule has 0 saturated carbocycles. The zero-order valence-corrected chi connectivity index (χ0v) is 11.6. The van der Waals surface area contributed by atoms with Crippen molar-refractivity contribution in [1.29, 1.82) is 0 Å². The number of nitrogens with zero attached hydrogens (tertiary/aromatic N) is 2. The summed E-state index contributed by atoms with van der Waals surface area (Å²) in [5, 5.41) is 0.939. The van der Waals surface area contributed by atoms with Crippen LogP contribution < -0.4 is 11.5 Å². The molecule has 96 valence electrons. The third-order valence-corrected chi connectivity index (χ3v) is 4.27. The molecule has 0 saturated heterocycles. The van der Waals surface area contributed by atoms with Crippen LogP contribution in [0.2, 0.25) is 0 Å². The van der Waals surface area contributed by atoms with Crippen molar-refractivity contribution in [3.8, 4) is 11.1 Å². The van der Waals surface area contributed by atoms with Gasteiger partial charge in [-0.05, 0) is 37.1 Å². The zero-order valence-electron chi connectivity index (χ0n) is 10.8. The molecule has 0 spiro atoms. The number of hydrogen-bond acceptors (Lipinski definition) is 5. The van der Waals surface area contributed by atoms with Gasteiger partial charge in [0.2, 0.25) is 0 Å². The van der Waals surface area contributed by atoms with Crippen LogP contribution in [-0.4, -0.2) is 9.97 Å². The molecule has 4 N–H and O–H groups in total. The molecule has 3 rings (SSSR count). The monoisotopic (exact) mass is 270 g/mol. The van der Waals surface area contributed by atoms with Gasteiger partial charge in [0, 0.05) is 16.1 Å². The first-order valence-corrected chi connectivity index (χ1v) is 6.75. The Balaban J connectivity index is 2.35. The first-order chi connectivity index (χ1) is 9.08. The maximum atomic E-state index is 6.01. The van der Waals surface area contributed by atoms with Gasteiger partial charge in [-0.25, -0.2) is 9.97 Å². The van der Waals surface area contributed by atoms with E-state index in [-0.39, 0.29) is 0 Å². The summed E-state index contributed by atoms with van der Waals surface area (Å²) in [4.78, 5) is 10.5.